The van der Waals surface area contributed by atoms with Crippen LogP contribution < -0.4 is 0 Å². The van der Waals surface area contributed by atoms with Gasteiger partial charge in [-0.2, -0.15) is 0 Å². The number of pyridine rings is 1. The second-order valence-corrected chi connectivity index (χ2v) is 9.96. The summed E-state index contributed by atoms with van der Waals surface area (Å²) in [6, 6.07) is 2.13. The molecular formula is C24H32N5OP. The van der Waals surface area contributed by atoms with Crippen molar-refractivity contribution in [2.75, 3.05) is 26.7 Å². The van der Waals surface area contributed by atoms with E-state index in [0.717, 1.165) is 53.7 Å². The van der Waals surface area contributed by atoms with Gasteiger partial charge in [0.15, 0.2) is 0 Å². The minimum Gasteiger partial charge on any atom is -0.367 e. The molecule has 0 spiro atoms. The Bertz CT molecular complexity index is 1050. The van der Waals surface area contributed by atoms with Gasteiger partial charge in [0.05, 0.1) is 17.2 Å². The zero-order valence-electron chi connectivity index (χ0n) is 18.9. The predicted octanol–water partition coefficient (Wildman–Crippen LogP) is 4.09. The molecule has 2 atom stereocenters. The van der Waals surface area contributed by atoms with Crippen molar-refractivity contribution in [2.24, 2.45) is 10.9 Å². The fraction of sp³-hybridized carbons (Fsp3) is 0.458. The van der Waals surface area contributed by atoms with Crippen LogP contribution in [0.5, 0.6) is 0 Å². The van der Waals surface area contributed by atoms with Gasteiger partial charge in [-0.05, 0) is 74.9 Å². The van der Waals surface area contributed by atoms with Gasteiger partial charge < -0.3 is 14.2 Å². The van der Waals surface area contributed by atoms with Gasteiger partial charge in [0.1, 0.15) is 11.9 Å². The van der Waals surface area contributed by atoms with Crippen LogP contribution in [0.15, 0.2) is 41.4 Å². The topological polar surface area (TPSA) is 53.2 Å². The van der Waals surface area contributed by atoms with Gasteiger partial charge in [0, 0.05) is 37.8 Å². The quantitative estimate of drug-likeness (QED) is 0.388. The van der Waals surface area contributed by atoms with Crippen molar-refractivity contribution in [3.05, 3.63) is 53.3 Å². The number of aliphatic imine (C=N–C) groups is 1. The smallest absolute Gasteiger partial charge is 0.143 e. The number of likely N-dealkylation sites (tertiary alicyclic amines) is 1. The van der Waals surface area contributed by atoms with Crippen LogP contribution >= 0.6 is 8.58 Å². The molecule has 164 valence electrons. The number of fused-ring (bicyclic) bond motifs is 1. The van der Waals surface area contributed by atoms with E-state index in [1.807, 2.05) is 13.1 Å². The second kappa shape index (κ2) is 9.46. The van der Waals surface area contributed by atoms with E-state index in [-0.39, 0.29) is 5.78 Å². The van der Waals surface area contributed by atoms with Gasteiger partial charge in [-0.3, -0.25) is 9.79 Å². The maximum Gasteiger partial charge on any atom is 0.143 e. The number of imidazole rings is 1. The highest BCUT2D eigenvalue weighted by Gasteiger charge is 2.25. The van der Waals surface area contributed by atoms with Crippen molar-refractivity contribution in [3.8, 4) is 0 Å². The lowest BCUT2D eigenvalue weighted by atomic mass is 9.93. The van der Waals surface area contributed by atoms with Crippen molar-refractivity contribution in [1.29, 1.82) is 0 Å². The van der Waals surface area contributed by atoms with Crippen molar-refractivity contribution in [3.63, 3.8) is 0 Å². The average Bonchev–Trinajstić information content (AvgIpc) is 3.15. The summed E-state index contributed by atoms with van der Waals surface area (Å²) in [4.78, 5) is 25.6. The van der Waals surface area contributed by atoms with Gasteiger partial charge in [-0.25, -0.2) is 4.98 Å². The van der Waals surface area contributed by atoms with E-state index in [0.29, 0.717) is 14.5 Å². The fourth-order valence-electron chi connectivity index (χ4n) is 4.47. The zero-order valence-corrected chi connectivity index (χ0v) is 19.9. The van der Waals surface area contributed by atoms with E-state index < -0.39 is 0 Å². The number of allylic oxidation sites excluding steroid dienone is 2. The molecule has 0 aromatic carbocycles. The van der Waals surface area contributed by atoms with Gasteiger partial charge in [-0.1, -0.05) is 15.5 Å². The molecule has 4 rings (SSSR count). The molecule has 0 bridgehead atoms. The van der Waals surface area contributed by atoms with Crippen molar-refractivity contribution in [2.45, 2.75) is 39.4 Å². The third-order valence-corrected chi connectivity index (χ3v) is 7.92. The van der Waals surface area contributed by atoms with Crippen molar-refractivity contribution in [1.82, 2.24) is 19.2 Å². The van der Waals surface area contributed by atoms with Crippen LogP contribution in [-0.2, 0) is 4.79 Å². The Labute approximate surface area is 186 Å². The summed E-state index contributed by atoms with van der Waals surface area (Å²) in [6.45, 7) is 9.75. The molecule has 2 aromatic heterocycles. The summed E-state index contributed by atoms with van der Waals surface area (Å²) >= 11 is 0. The lowest BCUT2D eigenvalue weighted by Crippen LogP contribution is -2.35. The largest absolute Gasteiger partial charge is 0.367 e. The molecule has 1 fully saturated rings. The summed E-state index contributed by atoms with van der Waals surface area (Å²) in [5.41, 5.74) is 5.33. The van der Waals surface area contributed by atoms with Crippen molar-refractivity contribution >= 4 is 32.0 Å². The van der Waals surface area contributed by atoms with Crippen LogP contribution in [0.25, 0.3) is 11.0 Å². The first kappa shape index (κ1) is 21.9. The first-order chi connectivity index (χ1) is 15.0. The molecule has 6 nitrogen and oxygen atoms in total. The standard InChI is InChI=1S/C24H32N5OP/c1-5-28-9-6-19(7-10-28)21-16-27(4)23(13-25-21)31-22(8-11-30)20-12-17(2)24-26-18(3)14-29(24)15-20/h8,11-16,19,23,31H,5-7,9-10H2,1-4H3/b22-8-. The zero-order chi connectivity index (χ0) is 22.0. The highest BCUT2D eigenvalue weighted by atomic mass is 31.1. The SMILES string of the molecule is CCN1CCC(C2=CN(C)C(P/C(=C\C=O)c3cc(C)c4nc(C)cn4c3)C=N2)CC1. The predicted molar refractivity (Wildman–Crippen MR) is 130 cm³/mol. The van der Waals surface area contributed by atoms with Crippen LogP contribution in [0.2, 0.25) is 0 Å². The Morgan fingerprint density at radius 2 is 2.03 bits per heavy atom. The first-order valence-corrected chi connectivity index (χ1v) is 12.1. The third-order valence-electron chi connectivity index (χ3n) is 6.30. The monoisotopic (exact) mass is 437 g/mol. The number of hydrogen-bond acceptors (Lipinski definition) is 5. The van der Waals surface area contributed by atoms with Crippen LogP contribution in [0.1, 0.15) is 36.6 Å². The summed E-state index contributed by atoms with van der Waals surface area (Å²) in [5.74, 6) is 0.705. The number of hydrogen-bond donors (Lipinski definition) is 0. The Morgan fingerprint density at radius 3 is 2.71 bits per heavy atom. The first-order valence-electron chi connectivity index (χ1n) is 11.1. The summed E-state index contributed by atoms with van der Waals surface area (Å²) in [6.07, 6.45) is 13.3. The van der Waals surface area contributed by atoms with Gasteiger partial charge in [0.25, 0.3) is 0 Å². The van der Waals surface area contributed by atoms with E-state index in [9.17, 15) is 4.79 Å². The maximum absolute atomic E-state index is 11.4. The molecule has 2 aromatic rings. The molecule has 4 heterocycles. The molecule has 2 unspecified atom stereocenters. The average molecular weight is 438 g/mol. The van der Waals surface area contributed by atoms with E-state index >= 15 is 0 Å². The summed E-state index contributed by atoms with van der Waals surface area (Å²) < 4.78 is 2.06. The number of aromatic nitrogens is 2. The van der Waals surface area contributed by atoms with Crippen LogP contribution in [0.3, 0.4) is 0 Å². The highest BCUT2D eigenvalue weighted by Crippen LogP contribution is 2.40. The van der Waals surface area contributed by atoms with Crippen LogP contribution in [-0.4, -0.2) is 64.2 Å². The second-order valence-electron chi connectivity index (χ2n) is 8.54. The molecule has 2 aliphatic heterocycles. The molecule has 0 saturated carbocycles. The molecular weight excluding hydrogens is 405 g/mol. The van der Waals surface area contributed by atoms with E-state index in [4.69, 9.17) is 4.99 Å². The Hall–Kier alpha value is -2.30. The number of carbonyl (C=O) groups is 1. The third kappa shape index (κ3) is 4.81. The van der Waals surface area contributed by atoms with E-state index in [1.165, 1.54) is 18.5 Å². The minimum atomic E-state index is 0.159. The number of piperidine rings is 1. The van der Waals surface area contributed by atoms with Gasteiger partial charge >= 0.3 is 0 Å². The normalized spacial score (nSPS) is 21.4. The maximum atomic E-state index is 11.4. The Balaban J connectivity index is 1.50. The van der Waals surface area contributed by atoms with Crippen LogP contribution in [0, 0.1) is 19.8 Å². The molecule has 2 aliphatic rings. The number of rotatable bonds is 6. The van der Waals surface area contributed by atoms with E-state index in [1.54, 1.807) is 6.08 Å². The molecule has 0 aliphatic carbocycles. The number of carbonyl (C=O) groups excluding carboxylic acids is 1. The lowest BCUT2D eigenvalue weighted by molar-refractivity contribution is -0.104. The highest BCUT2D eigenvalue weighted by molar-refractivity contribution is 7.52. The Morgan fingerprint density at radius 1 is 1.26 bits per heavy atom. The van der Waals surface area contributed by atoms with Crippen LogP contribution in [0.4, 0.5) is 0 Å². The number of nitrogens with zero attached hydrogens (tertiary/aromatic N) is 5. The molecule has 0 N–H and O–H groups in total. The summed E-state index contributed by atoms with van der Waals surface area (Å²) in [7, 11) is 2.55. The molecule has 31 heavy (non-hydrogen) atoms. The molecule has 7 heteroatoms. The lowest BCUT2D eigenvalue weighted by Gasteiger charge is -2.34. The van der Waals surface area contributed by atoms with Gasteiger partial charge in [0.2, 0.25) is 0 Å². The molecule has 0 radical (unpaired) electrons. The Kier molecular flexibility index (Phi) is 6.68. The van der Waals surface area contributed by atoms with E-state index in [2.05, 4.69) is 64.8 Å². The van der Waals surface area contributed by atoms with Gasteiger partial charge in [-0.15, -0.1) is 0 Å². The number of aryl methyl sites for hydroxylation is 2. The summed E-state index contributed by atoms with van der Waals surface area (Å²) in [5, 5.41) is 1.04. The fourth-order valence-corrected chi connectivity index (χ4v) is 5.69. The van der Waals surface area contributed by atoms with Crippen molar-refractivity contribution < 1.29 is 4.79 Å². The molecule has 0 amide bonds. The minimum absolute atomic E-state index is 0.159. The number of aldehydes is 1. The molecule has 1 saturated heterocycles.